The maximum atomic E-state index is 10.8. The molecule has 0 fully saturated rings. The summed E-state index contributed by atoms with van der Waals surface area (Å²) in [5.41, 5.74) is 0. The average molecular weight is 363 g/mol. The molecule has 0 amide bonds. The molecule has 0 aliphatic carbocycles. The lowest BCUT2D eigenvalue weighted by atomic mass is 10.2. The highest BCUT2D eigenvalue weighted by atomic mass is 79.9. The molecular weight excluding hydrogens is 340 g/mol. The van der Waals surface area contributed by atoms with Crippen LogP contribution in [-0.4, -0.2) is 13.1 Å². The van der Waals surface area contributed by atoms with E-state index in [9.17, 15) is 4.79 Å². The Bertz CT molecular complexity index is 493. The van der Waals surface area contributed by atoms with Crippen molar-refractivity contribution < 1.29 is 9.53 Å². The van der Waals surface area contributed by atoms with E-state index in [0.717, 1.165) is 19.3 Å². The van der Waals surface area contributed by atoms with E-state index in [1.54, 1.807) is 0 Å². The molecule has 0 aromatic carbocycles. The number of carbonyl (C=O) groups is 1. The molecule has 0 aromatic rings. The fraction of sp³-hybridized carbons (Fsp3) is 0.421. The average Bonchev–Trinajstić information content (AvgIpc) is 2.54. The standard InChI is InChI=1S/C19H23BrO2/c1-22-19(21)17-15-13-11-9-7-5-3-2-4-6-8-10-12-14-16-18-20/h2-3,12,14,16,18H,4,6,8,10,13,15,17H2,1H3/b3-2+,14-12+,18-16+. The van der Waals surface area contributed by atoms with Gasteiger partial charge in [0.2, 0.25) is 0 Å². The lowest BCUT2D eigenvalue weighted by Gasteiger charge is -1.93. The van der Waals surface area contributed by atoms with E-state index in [-0.39, 0.29) is 5.97 Å². The molecule has 0 unspecified atom stereocenters. The summed E-state index contributed by atoms with van der Waals surface area (Å²) in [5.74, 6) is 11.2. The summed E-state index contributed by atoms with van der Waals surface area (Å²) in [5, 5.41) is 0. The number of carbonyl (C=O) groups excluding carboxylic acids is 1. The summed E-state index contributed by atoms with van der Waals surface area (Å²) in [7, 11) is 1.39. The third-order valence-electron chi connectivity index (χ3n) is 2.65. The van der Waals surface area contributed by atoms with E-state index in [4.69, 9.17) is 0 Å². The van der Waals surface area contributed by atoms with E-state index in [2.05, 4.69) is 56.5 Å². The second-order valence-electron chi connectivity index (χ2n) is 4.43. The van der Waals surface area contributed by atoms with Crippen LogP contribution in [0.4, 0.5) is 0 Å². The van der Waals surface area contributed by atoms with Gasteiger partial charge in [0.15, 0.2) is 0 Å². The smallest absolute Gasteiger partial charge is 0.305 e. The summed E-state index contributed by atoms with van der Waals surface area (Å²) >= 11 is 3.22. The van der Waals surface area contributed by atoms with E-state index >= 15 is 0 Å². The monoisotopic (exact) mass is 362 g/mol. The molecule has 3 heteroatoms. The zero-order chi connectivity index (χ0) is 16.3. The number of methoxy groups -OCH3 is 1. The second-order valence-corrected chi connectivity index (χ2v) is 4.96. The Balaban J connectivity index is 3.56. The van der Waals surface area contributed by atoms with E-state index < -0.39 is 0 Å². The van der Waals surface area contributed by atoms with Gasteiger partial charge in [-0.15, -0.1) is 0 Å². The molecule has 0 spiro atoms. The van der Waals surface area contributed by atoms with Gasteiger partial charge >= 0.3 is 5.97 Å². The van der Waals surface area contributed by atoms with Crippen LogP contribution < -0.4 is 0 Å². The number of esters is 1. The van der Waals surface area contributed by atoms with Crippen LogP contribution in [0.25, 0.3) is 0 Å². The fourth-order valence-corrected chi connectivity index (χ4v) is 1.67. The second kappa shape index (κ2) is 17.3. The fourth-order valence-electron chi connectivity index (χ4n) is 1.49. The van der Waals surface area contributed by atoms with Gasteiger partial charge in [-0.2, -0.15) is 0 Å². The van der Waals surface area contributed by atoms with Gasteiger partial charge in [0.05, 0.1) is 7.11 Å². The van der Waals surface area contributed by atoms with Gasteiger partial charge in [-0.1, -0.05) is 52.1 Å². The van der Waals surface area contributed by atoms with Gasteiger partial charge in [0.1, 0.15) is 0 Å². The maximum absolute atomic E-state index is 10.8. The van der Waals surface area contributed by atoms with E-state index in [1.807, 2.05) is 23.2 Å². The molecule has 0 heterocycles. The number of unbranched alkanes of at least 4 members (excludes halogenated alkanes) is 4. The Morgan fingerprint density at radius 2 is 1.86 bits per heavy atom. The zero-order valence-electron chi connectivity index (χ0n) is 13.1. The van der Waals surface area contributed by atoms with Gasteiger partial charge in [-0.05, 0) is 55.0 Å². The van der Waals surface area contributed by atoms with Crippen molar-refractivity contribution in [3.63, 3.8) is 0 Å². The third-order valence-corrected chi connectivity index (χ3v) is 2.95. The Kier molecular flexibility index (Phi) is 16.0. The number of hydrogen-bond acceptors (Lipinski definition) is 2. The van der Waals surface area contributed by atoms with Crippen LogP contribution in [0.5, 0.6) is 0 Å². The number of allylic oxidation sites excluding steroid dienone is 5. The zero-order valence-corrected chi connectivity index (χ0v) is 14.7. The minimum absolute atomic E-state index is 0.189. The molecule has 2 nitrogen and oxygen atoms in total. The molecule has 0 atom stereocenters. The number of halogens is 1. The minimum atomic E-state index is -0.189. The van der Waals surface area contributed by atoms with Crippen LogP contribution in [0.15, 0.2) is 35.4 Å². The first-order valence-corrected chi connectivity index (χ1v) is 8.35. The lowest BCUT2D eigenvalue weighted by Crippen LogP contribution is -1.98. The number of rotatable bonds is 9. The Hall–Kier alpha value is -1.71. The highest BCUT2D eigenvalue weighted by Gasteiger charge is 1.96. The molecule has 0 aliphatic rings. The van der Waals surface area contributed by atoms with Crippen LogP contribution in [0, 0.1) is 23.7 Å². The van der Waals surface area contributed by atoms with Crippen molar-refractivity contribution >= 4 is 21.9 Å². The molecule has 0 saturated heterocycles. The first kappa shape index (κ1) is 20.3. The highest BCUT2D eigenvalue weighted by Crippen LogP contribution is 2.01. The molecular formula is C19H23BrO2. The van der Waals surface area contributed by atoms with Crippen molar-refractivity contribution in [3.8, 4) is 23.7 Å². The molecule has 22 heavy (non-hydrogen) atoms. The molecule has 0 saturated carbocycles. The maximum Gasteiger partial charge on any atom is 0.305 e. The Morgan fingerprint density at radius 1 is 1.09 bits per heavy atom. The van der Waals surface area contributed by atoms with Crippen molar-refractivity contribution in [3.05, 3.63) is 35.4 Å². The van der Waals surface area contributed by atoms with Gasteiger partial charge in [-0.25, -0.2) is 0 Å². The van der Waals surface area contributed by atoms with Gasteiger partial charge in [-0.3, -0.25) is 4.79 Å². The van der Waals surface area contributed by atoms with Crippen LogP contribution in [0.3, 0.4) is 0 Å². The minimum Gasteiger partial charge on any atom is -0.469 e. The third kappa shape index (κ3) is 16.3. The van der Waals surface area contributed by atoms with Crippen molar-refractivity contribution in [2.45, 2.75) is 44.9 Å². The van der Waals surface area contributed by atoms with Crippen molar-refractivity contribution in [1.82, 2.24) is 0 Å². The summed E-state index contributed by atoms with van der Waals surface area (Å²) in [6.45, 7) is 0. The Morgan fingerprint density at radius 3 is 2.59 bits per heavy atom. The molecule has 0 rings (SSSR count). The molecule has 0 bridgehead atoms. The summed E-state index contributed by atoms with van der Waals surface area (Å²) in [4.78, 5) is 12.7. The Labute approximate surface area is 142 Å². The SMILES string of the molecule is COC(=O)CCCC#CC#C/C=C/CCCC/C=C/C=C/Br. The molecule has 0 aromatic heterocycles. The van der Waals surface area contributed by atoms with Crippen molar-refractivity contribution in [2.24, 2.45) is 0 Å². The highest BCUT2D eigenvalue weighted by molar-refractivity contribution is 9.11. The summed E-state index contributed by atoms with van der Waals surface area (Å²) in [6.07, 6.45) is 16.4. The molecule has 0 radical (unpaired) electrons. The van der Waals surface area contributed by atoms with Gasteiger partial charge in [0.25, 0.3) is 0 Å². The van der Waals surface area contributed by atoms with Crippen LogP contribution in [0.1, 0.15) is 44.9 Å². The first-order valence-electron chi connectivity index (χ1n) is 7.43. The number of ether oxygens (including phenoxy) is 1. The predicted molar refractivity (Wildman–Crippen MR) is 96.2 cm³/mol. The lowest BCUT2D eigenvalue weighted by molar-refractivity contribution is -0.140. The first-order chi connectivity index (χ1) is 10.8. The molecule has 0 aliphatic heterocycles. The molecule has 0 N–H and O–H groups in total. The number of hydrogen-bond donors (Lipinski definition) is 0. The topological polar surface area (TPSA) is 26.3 Å². The van der Waals surface area contributed by atoms with Crippen LogP contribution in [-0.2, 0) is 9.53 Å². The van der Waals surface area contributed by atoms with Crippen molar-refractivity contribution in [2.75, 3.05) is 7.11 Å². The van der Waals surface area contributed by atoms with Crippen LogP contribution in [0.2, 0.25) is 0 Å². The normalized spacial score (nSPS) is 10.5. The van der Waals surface area contributed by atoms with Gasteiger partial charge < -0.3 is 4.74 Å². The molecule has 118 valence electrons. The largest absolute Gasteiger partial charge is 0.469 e. The summed E-state index contributed by atoms with van der Waals surface area (Å²) in [6, 6.07) is 0. The van der Waals surface area contributed by atoms with Crippen LogP contribution >= 0.6 is 15.9 Å². The van der Waals surface area contributed by atoms with Gasteiger partial charge in [0, 0.05) is 12.8 Å². The predicted octanol–water partition coefficient (Wildman–Crippen LogP) is 4.92. The van der Waals surface area contributed by atoms with E-state index in [1.165, 1.54) is 20.0 Å². The quantitative estimate of drug-likeness (QED) is 0.252. The van der Waals surface area contributed by atoms with E-state index in [0.29, 0.717) is 12.8 Å². The summed E-state index contributed by atoms with van der Waals surface area (Å²) < 4.78 is 4.54. The van der Waals surface area contributed by atoms with Crippen molar-refractivity contribution in [1.29, 1.82) is 0 Å².